The summed E-state index contributed by atoms with van der Waals surface area (Å²) in [5, 5.41) is 30.0. The van der Waals surface area contributed by atoms with E-state index in [0.717, 1.165) is 18.5 Å². The molecule has 0 radical (unpaired) electrons. The Morgan fingerprint density at radius 2 is 2.09 bits per heavy atom. The summed E-state index contributed by atoms with van der Waals surface area (Å²) < 4.78 is 18.4. The molecule has 0 unspecified atom stereocenters. The molecule has 188 valence electrons. The van der Waals surface area contributed by atoms with E-state index in [0.29, 0.717) is 42.3 Å². The molecule has 13 nitrogen and oxygen atoms in total. The number of hydrogen-bond acceptors (Lipinski definition) is 10. The zero-order valence-electron chi connectivity index (χ0n) is 20.3. The number of rotatable bonds is 10. The van der Waals surface area contributed by atoms with Gasteiger partial charge in [0.1, 0.15) is 24.1 Å². The number of carbonyl (C=O) groups is 1. The molecule has 0 spiro atoms. The topological polar surface area (TPSA) is 152 Å². The molecular weight excluding hydrogens is 456 g/mol. The van der Waals surface area contributed by atoms with Gasteiger partial charge in [-0.15, -0.1) is 5.10 Å². The lowest BCUT2D eigenvalue weighted by molar-refractivity contribution is -0.143. The molecule has 13 heteroatoms. The second-order valence-corrected chi connectivity index (χ2v) is 8.72. The lowest BCUT2D eigenvalue weighted by Gasteiger charge is -2.27. The van der Waals surface area contributed by atoms with E-state index in [9.17, 15) is 9.90 Å². The summed E-state index contributed by atoms with van der Waals surface area (Å²) in [6, 6.07) is 3.83. The lowest BCUT2D eigenvalue weighted by atomic mass is 9.87. The predicted molar refractivity (Wildman–Crippen MR) is 122 cm³/mol. The van der Waals surface area contributed by atoms with Crippen LogP contribution < -0.4 is 9.47 Å². The Morgan fingerprint density at radius 3 is 2.83 bits per heavy atom. The second-order valence-electron chi connectivity index (χ2n) is 8.72. The molecule has 0 amide bonds. The van der Waals surface area contributed by atoms with Gasteiger partial charge in [-0.05, 0) is 56.9 Å². The van der Waals surface area contributed by atoms with Crippen LogP contribution in [0.4, 0.5) is 0 Å². The molecule has 1 aliphatic rings. The number of pyridine rings is 1. The smallest absolute Gasteiger partial charge is 0.356 e. The van der Waals surface area contributed by atoms with Crippen molar-refractivity contribution in [3.05, 3.63) is 23.5 Å². The van der Waals surface area contributed by atoms with E-state index >= 15 is 0 Å². The standard InChI is InChI=1S/C22H30N8O5/c1-13(12-33-4)34-22-25-28-30(26-22)11-18-20(24-27-29(18)3)17-8-9-19(14(2)23-17)35-16-7-5-6-15(10-16)21(31)32/h8-9,13,15-16H,5-7,10-12H2,1-4H3,(H,31,32)/t13-,15+,16+/m1/s1. The summed E-state index contributed by atoms with van der Waals surface area (Å²) in [6.45, 7) is 4.39. The van der Waals surface area contributed by atoms with E-state index in [2.05, 4.69) is 30.7 Å². The zero-order chi connectivity index (χ0) is 24.9. The van der Waals surface area contributed by atoms with Crippen molar-refractivity contribution in [2.45, 2.75) is 58.3 Å². The van der Waals surface area contributed by atoms with Crippen LogP contribution in [-0.4, -0.2) is 77.2 Å². The van der Waals surface area contributed by atoms with Crippen molar-refractivity contribution in [3.63, 3.8) is 0 Å². The zero-order valence-corrected chi connectivity index (χ0v) is 20.3. The minimum atomic E-state index is -0.760. The van der Waals surface area contributed by atoms with Gasteiger partial charge in [-0.25, -0.2) is 9.67 Å². The van der Waals surface area contributed by atoms with Crippen molar-refractivity contribution in [2.24, 2.45) is 13.0 Å². The number of carboxylic acids is 1. The van der Waals surface area contributed by atoms with Crippen LogP contribution in [0.15, 0.2) is 12.1 Å². The minimum Gasteiger partial charge on any atom is -0.489 e. The van der Waals surface area contributed by atoms with E-state index in [1.807, 2.05) is 26.0 Å². The number of aliphatic carboxylic acids is 1. The van der Waals surface area contributed by atoms with Crippen molar-refractivity contribution in [3.8, 4) is 23.1 Å². The maximum atomic E-state index is 11.4. The number of ether oxygens (including phenoxy) is 3. The van der Waals surface area contributed by atoms with Gasteiger partial charge in [0, 0.05) is 14.2 Å². The highest BCUT2D eigenvalue weighted by Gasteiger charge is 2.28. The molecule has 3 aromatic rings. The van der Waals surface area contributed by atoms with Crippen molar-refractivity contribution in [2.75, 3.05) is 13.7 Å². The highest BCUT2D eigenvalue weighted by atomic mass is 16.5. The summed E-state index contributed by atoms with van der Waals surface area (Å²) in [5.74, 6) is -0.480. The Morgan fingerprint density at radius 1 is 1.26 bits per heavy atom. The van der Waals surface area contributed by atoms with E-state index < -0.39 is 5.97 Å². The number of methoxy groups -OCH3 is 1. The first kappa shape index (κ1) is 24.5. The van der Waals surface area contributed by atoms with Gasteiger partial charge in [0.15, 0.2) is 0 Å². The molecule has 0 aromatic carbocycles. The Bertz CT molecular complexity index is 1160. The summed E-state index contributed by atoms with van der Waals surface area (Å²) in [4.78, 5) is 17.4. The van der Waals surface area contributed by atoms with Crippen molar-refractivity contribution >= 4 is 5.97 Å². The van der Waals surface area contributed by atoms with Crippen LogP contribution in [0.1, 0.15) is 44.0 Å². The Labute approximate surface area is 202 Å². The van der Waals surface area contributed by atoms with Crippen LogP contribution in [0, 0.1) is 12.8 Å². The molecule has 1 aliphatic carbocycles. The van der Waals surface area contributed by atoms with Crippen molar-refractivity contribution in [1.29, 1.82) is 0 Å². The molecule has 1 fully saturated rings. The van der Waals surface area contributed by atoms with Crippen LogP contribution in [0.3, 0.4) is 0 Å². The number of nitrogens with zero attached hydrogens (tertiary/aromatic N) is 8. The average Bonchev–Trinajstić information content (AvgIpc) is 3.42. The van der Waals surface area contributed by atoms with Crippen LogP contribution in [0.2, 0.25) is 0 Å². The first-order chi connectivity index (χ1) is 16.8. The third-order valence-corrected chi connectivity index (χ3v) is 5.93. The highest BCUT2D eigenvalue weighted by Crippen LogP contribution is 2.30. The first-order valence-corrected chi connectivity index (χ1v) is 11.5. The minimum absolute atomic E-state index is 0.135. The van der Waals surface area contributed by atoms with Gasteiger partial charge < -0.3 is 19.3 Å². The molecule has 1 N–H and O–H groups in total. The predicted octanol–water partition coefficient (Wildman–Crippen LogP) is 1.66. The fourth-order valence-corrected chi connectivity index (χ4v) is 4.14. The summed E-state index contributed by atoms with van der Waals surface area (Å²) in [6.07, 6.45) is 2.53. The maximum Gasteiger partial charge on any atom is 0.356 e. The molecule has 0 saturated heterocycles. The van der Waals surface area contributed by atoms with Crippen LogP contribution in [0.5, 0.6) is 11.8 Å². The molecule has 0 bridgehead atoms. The quantitative estimate of drug-likeness (QED) is 0.445. The molecule has 35 heavy (non-hydrogen) atoms. The SMILES string of the molecule is COC[C@@H](C)Oc1nnn(Cc2c(-c3ccc(O[C@H]4CCC[C@H](C(=O)O)C4)c(C)n3)nnn2C)n1. The normalized spacial score (nSPS) is 18.9. The fourth-order valence-electron chi connectivity index (χ4n) is 4.14. The van der Waals surface area contributed by atoms with E-state index in [-0.39, 0.29) is 30.7 Å². The van der Waals surface area contributed by atoms with Gasteiger partial charge in [0.25, 0.3) is 0 Å². The first-order valence-electron chi connectivity index (χ1n) is 11.5. The number of aromatic nitrogens is 8. The van der Waals surface area contributed by atoms with Crippen molar-refractivity contribution in [1.82, 2.24) is 40.2 Å². The number of carboxylic acid groups (broad SMARTS) is 1. The number of hydrogen-bond donors (Lipinski definition) is 1. The van der Waals surface area contributed by atoms with E-state index in [1.54, 1.807) is 18.8 Å². The fraction of sp³-hybridized carbons (Fsp3) is 0.591. The molecular formula is C22H30N8O5. The maximum absolute atomic E-state index is 11.4. The van der Waals surface area contributed by atoms with Gasteiger partial charge in [-0.3, -0.25) is 4.79 Å². The molecule has 4 rings (SSSR count). The van der Waals surface area contributed by atoms with E-state index in [4.69, 9.17) is 14.2 Å². The van der Waals surface area contributed by atoms with Crippen LogP contribution in [0.25, 0.3) is 11.4 Å². The second kappa shape index (κ2) is 10.8. The highest BCUT2D eigenvalue weighted by molar-refractivity contribution is 5.70. The number of tetrazole rings is 1. The third-order valence-electron chi connectivity index (χ3n) is 5.93. The Kier molecular flexibility index (Phi) is 7.54. The van der Waals surface area contributed by atoms with Crippen LogP contribution >= 0.6 is 0 Å². The summed E-state index contributed by atoms with van der Waals surface area (Å²) >= 11 is 0. The van der Waals surface area contributed by atoms with Crippen molar-refractivity contribution < 1.29 is 24.1 Å². The molecule has 3 heterocycles. The summed E-state index contributed by atoms with van der Waals surface area (Å²) in [7, 11) is 3.38. The molecule has 3 atom stereocenters. The van der Waals surface area contributed by atoms with Gasteiger partial charge >= 0.3 is 12.0 Å². The van der Waals surface area contributed by atoms with Gasteiger partial charge in [-0.2, -0.15) is 4.80 Å². The monoisotopic (exact) mass is 486 g/mol. The Hall–Kier alpha value is -3.61. The Balaban J connectivity index is 1.47. The average molecular weight is 487 g/mol. The van der Waals surface area contributed by atoms with Gasteiger partial charge in [0.2, 0.25) is 0 Å². The third kappa shape index (κ3) is 5.91. The largest absolute Gasteiger partial charge is 0.489 e. The van der Waals surface area contributed by atoms with E-state index in [1.165, 1.54) is 4.80 Å². The number of aryl methyl sites for hydroxylation is 2. The molecule has 0 aliphatic heterocycles. The summed E-state index contributed by atoms with van der Waals surface area (Å²) in [5.41, 5.74) is 2.67. The molecule has 1 saturated carbocycles. The van der Waals surface area contributed by atoms with Crippen LogP contribution in [-0.2, 0) is 23.1 Å². The lowest BCUT2D eigenvalue weighted by Crippen LogP contribution is -2.29. The van der Waals surface area contributed by atoms with Gasteiger partial charge in [0.05, 0.1) is 35.7 Å². The molecule has 3 aromatic heterocycles. The van der Waals surface area contributed by atoms with Gasteiger partial charge in [-0.1, -0.05) is 15.4 Å².